The van der Waals surface area contributed by atoms with E-state index in [1.165, 1.54) is 0 Å². The summed E-state index contributed by atoms with van der Waals surface area (Å²) in [6.45, 7) is 13.4. The van der Waals surface area contributed by atoms with Crippen molar-refractivity contribution in [2.24, 2.45) is 35.5 Å². The number of carbonyl (C=O) groups excluding carboxylic acids is 3. The number of hydrogen-bond acceptors (Lipinski definition) is 9. The summed E-state index contributed by atoms with van der Waals surface area (Å²) in [4.78, 5) is 62.4. The lowest BCUT2D eigenvalue weighted by Gasteiger charge is -2.59. The van der Waals surface area contributed by atoms with E-state index in [-0.39, 0.29) is 42.4 Å². The average molecular weight is 611 g/mol. The van der Waals surface area contributed by atoms with Gasteiger partial charge < -0.3 is 30.0 Å². The Bertz CT molecular complexity index is 1050. The molecule has 0 aromatic heterocycles. The van der Waals surface area contributed by atoms with Gasteiger partial charge in [-0.15, -0.1) is 0 Å². The molecule has 11 atom stereocenters. The van der Waals surface area contributed by atoms with Crippen LogP contribution in [0.4, 0.5) is 0 Å². The summed E-state index contributed by atoms with van der Waals surface area (Å²) < 4.78 is 18.4. The number of fused-ring (bicyclic) bond motifs is 2. The van der Waals surface area contributed by atoms with E-state index in [4.69, 9.17) is 24.0 Å². The zero-order valence-electron chi connectivity index (χ0n) is 26.6. The maximum atomic E-state index is 13.0. The second kappa shape index (κ2) is 13.4. The number of amides is 2. The molecule has 1 saturated carbocycles. The molecule has 1 spiro atoms. The van der Waals surface area contributed by atoms with Gasteiger partial charge in [-0.2, -0.15) is 0 Å². The molecule has 43 heavy (non-hydrogen) atoms. The maximum absolute atomic E-state index is 13.0. The van der Waals surface area contributed by atoms with E-state index in [0.29, 0.717) is 25.2 Å². The number of carboxylic acid groups (broad SMARTS) is 1. The van der Waals surface area contributed by atoms with Gasteiger partial charge in [0.05, 0.1) is 6.42 Å². The quantitative estimate of drug-likeness (QED) is 0.220. The van der Waals surface area contributed by atoms with Gasteiger partial charge in [-0.1, -0.05) is 48.0 Å². The normalized spacial score (nSPS) is 36.9. The van der Waals surface area contributed by atoms with Crippen LogP contribution < -0.4 is 10.6 Å². The van der Waals surface area contributed by atoms with Gasteiger partial charge in [-0.25, -0.2) is 14.6 Å². The summed E-state index contributed by atoms with van der Waals surface area (Å²) >= 11 is 0. The highest BCUT2D eigenvalue weighted by Crippen LogP contribution is 2.60. The topological polar surface area (TPSA) is 159 Å². The van der Waals surface area contributed by atoms with Crippen molar-refractivity contribution in [2.75, 3.05) is 0 Å². The highest BCUT2D eigenvalue weighted by molar-refractivity contribution is 5.91. The Morgan fingerprint density at radius 1 is 1.00 bits per heavy atom. The number of carboxylic acids is 1. The highest BCUT2D eigenvalue weighted by Gasteiger charge is 2.69. The smallest absolute Gasteiger partial charge is 0.326 e. The van der Waals surface area contributed by atoms with Crippen LogP contribution in [-0.4, -0.2) is 64.9 Å². The monoisotopic (exact) mass is 610 g/mol. The van der Waals surface area contributed by atoms with Gasteiger partial charge in [0.15, 0.2) is 11.9 Å². The minimum atomic E-state index is -1.13. The van der Waals surface area contributed by atoms with Crippen LogP contribution in [0.1, 0.15) is 99.8 Å². The number of ether oxygens (including phenoxy) is 3. The fraction of sp³-hybridized carbons (Fsp3) is 0.871. The van der Waals surface area contributed by atoms with E-state index in [0.717, 1.165) is 19.3 Å². The van der Waals surface area contributed by atoms with Crippen LogP contribution in [0.25, 0.3) is 0 Å². The predicted octanol–water partition coefficient (Wildman–Crippen LogP) is 3.66. The first-order valence-electron chi connectivity index (χ1n) is 15.9. The van der Waals surface area contributed by atoms with Crippen LogP contribution in [0.3, 0.4) is 0 Å². The molecule has 0 aromatic carbocycles. The number of hydrogen-bond donors (Lipinski definition) is 3. The molecule has 1 aliphatic carbocycles. The molecule has 12 heteroatoms. The molecule has 12 nitrogen and oxygen atoms in total. The molecular weight excluding hydrogens is 560 g/mol. The molecule has 4 aliphatic heterocycles. The van der Waals surface area contributed by atoms with Crippen molar-refractivity contribution in [1.82, 2.24) is 10.6 Å². The Balaban J connectivity index is 1.35. The summed E-state index contributed by atoms with van der Waals surface area (Å²) in [5.41, 5.74) is -0.767. The summed E-state index contributed by atoms with van der Waals surface area (Å²) in [6.07, 6.45) is 2.31. The molecule has 3 N–H and O–H groups in total. The minimum absolute atomic E-state index is 0.00319. The lowest BCUT2D eigenvalue weighted by Crippen LogP contribution is -2.70. The molecule has 5 rings (SSSR count). The highest BCUT2D eigenvalue weighted by atomic mass is 17.3. The zero-order valence-corrected chi connectivity index (χ0v) is 26.6. The molecule has 4 saturated heterocycles. The van der Waals surface area contributed by atoms with Gasteiger partial charge in [0, 0.05) is 24.7 Å². The van der Waals surface area contributed by atoms with Crippen molar-refractivity contribution < 1.29 is 48.3 Å². The molecule has 4 heterocycles. The first-order valence-corrected chi connectivity index (χ1v) is 15.9. The maximum Gasteiger partial charge on any atom is 0.326 e. The summed E-state index contributed by atoms with van der Waals surface area (Å²) in [5, 5.41) is 14.8. The number of carbonyl (C=O) groups is 4. The lowest BCUT2D eigenvalue weighted by atomic mass is 9.58. The number of rotatable bonds is 12. The Morgan fingerprint density at radius 3 is 2.37 bits per heavy atom. The Labute approximate surface area is 254 Å². The Hall–Kier alpha value is -2.28. The van der Waals surface area contributed by atoms with Crippen LogP contribution in [-0.2, 0) is 43.2 Å². The molecule has 2 amide bonds. The molecule has 5 fully saturated rings. The fourth-order valence-electron chi connectivity index (χ4n) is 7.32. The third-order valence-electron chi connectivity index (χ3n) is 10.0. The van der Waals surface area contributed by atoms with Gasteiger partial charge in [0.2, 0.25) is 23.9 Å². The number of esters is 1. The molecule has 5 aliphatic rings. The van der Waals surface area contributed by atoms with E-state index in [1.54, 1.807) is 6.92 Å². The van der Waals surface area contributed by atoms with Crippen molar-refractivity contribution in [2.45, 2.75) is 136 Å². The predicted molar refractivity (Wildman–Crippen MR) is 153 cm³/mol. The lowest BCUT2D eigenvalue weighted by molar-refractivity contribution is -0.576. The number of aliphatic carboxylic acids is 1. The first kappa shape index (κ1) is 33.6. The molecule has 0 radical (unpaired) electrons. The van der Waals surface area contributed by atoms with Crippen molar-refractivity contribution in [1.29, 1.82) is 0 Å². The Morgan fingerprint density at radius 2 is 1.72 bits per heavy atom. The van der Waals surface area contributed by atoms with Gasteiger partial charge in [-0.05, 0) is 56.3 Å². The molecular formula is C31H50N2O10. The second-order valence-corrected chi connectivity index (χ2v) is 13.7. The molecule has 2 bridgehead atoms. The Kier molecular flexibility index (Phi) is 10.5. The molecule has 244 valence electrons. The van der Waals surface area contributed by atoms with Crippen LogP contribution >= 0.6 is 0 Å². The molecule has 0 unspecified atom stereocenters. The summed E-state index contributed by atoms with van der Waals surface area (Å²) in [6, 6.07) is -1.99. The van der Waals surface area contributed by atoms with Gasteiger partial charge in [0.25, 0.3) is 0 Å². The van der Waals surface area contributed by atoms with Gasteiger partial charge >= 0.3 is 11.9 Å². The largest absolute Gasteiger partial charge is 0.480 e. The van der Waals surface area contributed by atoms with Crippen LogP contribution in [0.2, 0.25) is 0 Å². The van der Waals surface area contributed by atoms with Crippen molar-refractivity contribution in [3.63, 3.8) is 0 Å². The van der Waals surface area contributed by atoms with Crippen molar-refractivity contribution in [3.8, 4) is 0 Å². The molecule has 0 aromatic rings. The zero-order chi connectivity index (χ0) is 31.7. The number of nitrogens with one attached hydrogen (secondary N) is 2. The van der Waals surface area contributed by atoms with E-state index in [2.05, 4.69) is 17.6 Å². The summed E-state index contributed by atoms with van der Waals surface area (Å²) in [7, 11) is 0. The fourth-order valence-corrected chi connectivity index (χ4v) is 7.32. The van der Waals surface area contributed by atoms with Crippen molar-refractivity contribution >= 4 is 23.8 Å². The van der Waals surface area contributed by atoms with Crippen LogP contribution in [0.5, 0.6) is 0 Å². The minimum Gasteiger partial charge on any atom is -0.480 e. The third-order valence-corrected chi connectivity index (χ3v) is 10.0. The van der Waals surface area contributed by atoms with Crippen LogP contribution in [0, 0.1) is 35.5 Å². The van der Waals surface area contributed by atoms with Gasteiger partial charge in [-0.3, -0.25) is 14.4 Å². The first-order chi connectivity index (χ1) is 20.2. The third kappa shape index (κ3) is 7.02. The standard InChI is InChI=1S/C31H50N2O10/c1-8-17(4)25(27(37)38)33-26(36)22(15-16(2)3)32-23(34)11-12-24(35)39-28-19(6)21-10-9-18(5)20-13-14-30(7)41-29(40-28)31(20,21)43-42-30/h16-22,25,28-29H,8-15H2,1-7H3,(H,32,34)(H,33,36)(H,37,38)/t17-,18+,19+,20-,21-,22-,25-,28+,29+,30+,31+/m0/s1. The van der Waals surface area contributed by atoms with E-state index in [1.807, 2.05) is 34.6 Å². The summed E-state index contributed by atoms with van der Waals surface area (Å²) in [5.74, 6) is -3.55. The van der Waals surface area contributed by atoms with Crippen LogP contribution in [0.15, 0.2) is 0 Å². The average Bonchev–Trinajstić information content (AvgIpc) is 3.17. The van der Waals surface area contributed by atoms with Crippen molar-refractivity contribution in [3.05, 3.63) is 0 Å². The second-order valence-electron chi connectivity index (χ2n) is 13.7. The van der Waals surface area contributed by atoms with Gasteiger partial charge in [0.1, 0.15) is 12.1 Å². The van der Waals surface area contributed by atoms with E-state index < -0.39 is 59.8 Å². The SMILES string of the molecule is CC[C@H](C)[C@H](NC(=O)[C@H](CC(C)C)NC(=O)CCC(=O)O[C@@H]1O[C@@H]2O[C@@]3(C)CC[C@H]4[C@H](C)CC[C@@H]([C@H]1C)[C@@]24OO3)C(=O)O. The van der Waals surface area contributed by atoms with E-state index in [9.17, 15) is 24.3 Å². The van der Waals surface area contributed by atoms with E-state index >= 15 is 0 Å².